The van der Waals surface area contributed by atoms with Gasteiger partial charge in [-0.1, -0.05) is 66.5 Å². The summed E-state index contributed by atoms with van der Waals surface area (Å²) in [6.07, 6.45) is 0.774. The Bertz CT molecular complexity index is 1130. The monoisotopic (exact) mass is 459 g/mol. The van der Waals surface area contributed by atoms with E-state index < -0.39 is 18.5 Å². The van der Waals surface area contributed by atoms with Crippen LogP contribution in [0.15, 0.2) is 42.5 Å². The maximum Gasteiger partial charge on any atom is 0.343 e. The van der Waals surface area contributed by atoms with Crippen molar-refractivity contribution in [3.63, 3.8) is 0 Å². The Morgan fingerprint density at radius 1 is 1.06 bits per heavy atom. The van der Waals surface area contributed by atoms with Gasteiger partial charge in [0.15, 0.2) is 6.61 Å². The van der Waals surface area contributed by atoms with Crippen LogP contribution in [-0.4, -0.2) is 28.3 Å². The summed E-state index contributed by atoms with van der Waals surface area (Å²) in [5, 5.41) is 7.86. The van der Waals surface area contributed by atoms with Gasteiger partial charge in [0, 0.05) is 10.7 Å². The minimum Gasteiger partial charge on any atom is -0.452 e. The van der Waals surface area contributed by atoms with E-state index in [0.29, 0.717) is 17.3 Å². The molecule has 0 saturated carbocycles. The fourth-order valence-corrected chi connectivity index (χ4v) is 3.77. The number of halogens is 2. The second kappa shape index (κ2) is 9.98. The molecule has 0 bridgehead atoms. The largest absolute Gasteiger partial charge is 0.452 e. The Kier molecular flexibility index (Phi) is 7.36. The molecule has 1 heterocycles. The maximum absolute atomic E-state index is 12.6. The third kappa shape index (κ3) is 5.27. The van der Waals surface area contributed by atoms with Gasteiger partial charge in [-0.2, -0.15) is 5.10 Å². The molecule has 0 radical (unpaired) electrons. The number of carbonyl (C=O) groups is 2. The van der Waals surface area contributed by atoms with Crippen LogP contribution in [0.1, 0.15) is 39.7 Å². The molecule has 31 heavy (non-hydrogen) atoms. The molecule has 8 heteroatoms. The molecule has 2 aromatic carbocycles. The van der Waals surface area contributed by atoms with Crippen molar-refractivity contribution in [1.82, 2.24) is 9.78 Å². The number of aryl methyl sites for hydroxylation is 3. The number of nitrogens with one attached hydrogen (secondary N) is 1. The molecule has 0 atom stereocenters. The van der Waals surface area contributed by atoms with E-state index in [1.54, 1.807) is 13.0 Å². The predicted molar refractivity (Wildman–Crippen MR) is 122 cm³/mol. The summed E-state index contributed by atoms with van der Waals surface area (Å²) >= 11 is 12.6. The number of amides is 1. The standard InChI is InChI=1S/C23H23Cl2N3O3/c1-4-16-10-7-8-14(2)21(16)26-19(29)13-31-23(30)20-15(3)27-28(22(20)25)12-17-9-5-6-11-18(17)24/h5-11H,4,12-13H2,1-3H3,(H,26,29). The lowest BCUT2D eigenvalue weighted by atomic mass is 10.1. The van der Waals surface area contributed by atoms with Gasteiger partial charge in [0.05, 0.1) is 12.2 Å². The van der Waals surface area contributed by atoms with Gasteiger partial charge in [-0.25, -0.2) is 9.48 Å². The van der Waals surface area contributed by atoms with Crippen LogP contribution < -0.4 is 5.32 Å². The molecule has 1 amide bonds. The van der Waals surface area contributed by atoms with Crippen LogP contribution in [0.2, 0.25) is 10.2 Å². The van der Waals surface area contributed by atoms with Crippen molar-refractivity contribution in [2.75, 3.05) is 11.9 Å². The summed E-state index contributed by atoms with van der Waals surface area (Å²) in [5.74, 6) is -1.13. The molecule has 3 rings (SSSR count). The second-order valence-corrected chi connectivity index (χ2v) is 7.85. The van der Waals surface area contributed by atoms with Crippen molar-refractivity contribution in [3.8, 4) is 0 Å². The first-order chi connectivity index (χ1) is 14.8. The molecule has 1 aromatic heterocycles. The Morgan fingerprint density at radius 2 is 1.77 bits per heavy atom. The molecule has 0 saturated heterocycles. The van der Waals surface area contributed by atoms with Gasteiger partial charge in [0.2, 0.25) is 0 Å². The number of anilines is 1. The van der Waals surface area contributed by atoms with Crippen molar-refractivity contribution in [2.45, 2.75) is 33.7 Å². The second-order valence-electron chi connectivity index (χ2n) is 7.09. The van der Waals surface area contributed by atoms with Crippen LogP contribution in [0.3, 0.4) is 0 Å². The number of rotatable bonds is 7. The number of aromatic nitrogens is 2. The Morgan fingerprint density at radius 3 is 2.48 bits per heavy atom. The topological polar surface area (TPSA) is 73.2 Å². The number of esters is 1. The minimum atomic E-state index is -0.705. The highest BCUT2D eigenvalue weighted by Crippen LogP contribution is 2.24. The first kappa shape index (κ1) is 22.8. The van der Waals surface area contributed by atoms with Crippen molar-refractivity contribution >= 4 is 40.8 Å². The van der Waals surface area contributed by atoms with E-state index in [1.165, 1.54) is 4.68 Å². The van der Waals surface area contributed by atoms with Gasteiger partial charge < -0.3 is 10.1 Å². The fourth-order valence-electron chi connectivity index (χ4n) is 3.26. The van der Waals surface area contributed by atoms with Crippen molar-refractivity contribution in [3.05, 3.63) is 80.6 Å². The number of hydrogen-bond acceptors (Lipinski definition) is 4. The van der Waals surface area contributed by atoms with Crippen LogP contribution in [0.25, 0.3) is 0 Å². The van der Waals surface area contributed by atoms with E-state index >= 15 is 0 Å². The highest BCUT2D eigenvalue weighted by atomic mass is 35.5. The summed E-state index contributed by atoms with van der Waals surface area (Å²) < 4.78 is 6.69. The van der Waals surface area contributed by atoms with Crippen LogP contribution in [0.5, 0.6) is 0 Å². The van der Waals surface area contributed by atoms with Crippen LogP contribution in [-0.2, 0) is 22.5 Å². The number of ether oxygens (including phenoxy) is 1. The van der Waals surface area contributed by atoms with E-state index in [9.17, 15) is 9.59 Å². The number of nitrogens with zero attached hydrogens (tertiary/aromatic N) is 2. The molecule has 0 aliphatic heterocycles. The molecule has 1 N–H and O–H groups in total. The van der Waals surface area contributed by atoms with E-state index in [-0.39, 0.29) is 10.7 Å². The first-order valence-electron chi connectivity index (χ1n) is 9.83. The Labute approximate surface area is 191 Å². The van der Waals surface area contributed by atoms with E-state index in [1.807, 2.05) is 50.2 Å². The molecule has 162 valence electrons. The Hall–Kier alpha value is -2.83. The molecule has 0 spiro atoms. The van der Waals surface area contributed by atoms with E-state index in [2.05, 4.69) is 10.4 Å². The van der Waals surface area contributed by atoms with Crippen molar-refractivity contribution in [1.29, 1.82) is 0 Å². The van der Waals surface area contributed by atoms with Gasteiger partial charge in [0.1, 0.15) is 10.7 Å². The third-order valence-corrected chi connectivity index (χ3v) is 5.64. The number of carbonyl (C=O) groups excluding carboxylic acids is 2. The number of hydrogen-bond donors (Lipinski definition) is 1. The zero-order chi connectivity index (χ0) is 22.5. The van der Waals surface area contributed by atoms with Crippen LogP contribution in [0.4, 0.5) is 5.69 Å². The fraction of sp³-hybridized carbons (Fsp3) is 0.261. The number of benzene rings is 2. The molecule has 0 aliphatic rings. The maximum atomic E-state index is 12.6. The SMILES string of the molecule is CCc1cccc(C)c1NC(=O)COC(=O)c1c(C)nn(Cc2ccccc2Cl)c1Cl. The van der Waals surface area contributed by atoms with Gasteiger partial charge in [-0.15, -0.1) is 0 Å². The van der Waals surface area contributed by atoms with Crippen LogP contribution in [0, 0.1) is 13.8 Å². The lowest BCUT2D eigenvalue weighted by Crippen LogP contribution is -2.22. The number of para-hydroxylation sites is 1. The molecule has 3 aromatic rings. The van der Waals surface area contributed by atoms with Crippen molar-refractivity contribution in [2.24, 2.45) is 0 Å². The predicted octanol–water partition coefficient (Wildman–Crippen LogP) is 5.21. The van der Waals surface area contributed by atoms with Crippen molar-refractivity contribution < 1.29 is 14.3 Å². The van der Waals surface area contributed by atoms with E-state index in [4.69, 9.17) is 27.9 Å². The normalized spacial score (nSPS) is 10.7. The lowest BCUT2D eigenvalue weighted by Gasteiger charge is -2.13. The molecular weight excluding hydrogens is 437 g/mol. The highest BCUT2D eigenvalue weighted by molar-refractivity contribution is 6.33. The van der Waals surface area contributed by atoms with Gasteiger partial charge >= 0.3 is 5.97 Å². The highest BCUT2D eigenvalue weighted by Gasteiger charge is 2.23. The molecule has 0 unspecified atom stereocenters. The third-order valence-electron chi connectivity index (χ3n) is 4.89. The minimum absolute atomic E-state index is 0.131. The van der Waals surface area contributed by atoms with E-state index in [0.717, 1.165) is 28.8 Å². The summed E-state index contributed by atoms with van der Waals surface area (Å²) in [6, 6.07) is 13.1. The summed E-state index contributed by atoms with van der Waals surface area (Å²) in [5.41, 5.74) is 4.06. The molecule has 0 aliphatic carbocycles. The van der Waals surface area contributed by atoms with Gasteiger partial charge in [-0.3, -0.25) is 4.79 Å². The lowest BCUT2D eigenvalue weighted by molar-refractivity contribution is -0.119. The zero-order valence-electron chi connectivity index (χ0n) is 17.5. The first-order valence-corrected chi connectivity index (χ1v) is 10.6. The average molecular weight is 460 g/mol. The van der Waals surface area contributed by atoms with Gasteiger partial charge in [-0.05, 0) is 43.0 Å². The quantitative estimate of drug-likeness (QED) is 0.491. The van der Waals surface area contributed by atoms with Gasteiger partial charge in [0.25, 0.3) is 5.91 Å². The Balaban J connectivity index is 1.68. The summed E-state index contributed by atoms with van der Waals surface area (Å²) in [4.78, 5) is 25.0. The molecule has 0 fully saturated rings. The van der Waals surface area contributed by atoms with Crippen LogP contribution >= 0.6 is 23.2 Å². The summed E-state index contributed by atoms with van der Waals surface area (Å²) in [6.45, 7) is 5.46. The molecular formula is C23H23Cl2N3O3. The zero-order valence-corrected chi connectivity index (χ0v) is 19.0. The summed E-state index contributed by atoms with van der Waals surface area (Å²) in [7, 11) is 0. The molecule has 6 nitrogen and oxygen atoms in total. The average Bonchev–Trinajstić information content (AvgIpc) is 3.02. The smallest absolute Gasteiger partial charge is 0.343 e.